The zero-order chi connectivity index (χ0) is 17.7. The Bertz CT molecular complexity index is 817. The summed E-state index contributed by atoms with van der Waals surface area (Å²) in [5.74, 6) is -0.329. The van der Waals surface area contributed by atoms with Crippen molar-refractivity contribution in [2.75, 3.05) is 11.3 Å². The molecule has 2 aromatic rings. The number of carbonyl (C=O) groups is 1. The highest BCUT2D eigenvalue weighted by Crippen LogP contribution is 2.17. The molecule has 0 radical (unpaired) electrons. The van der Waals surface area contributed by atoms with Crippen LogP contribution in [0.25, 0.3) is 0 Å². The summed E-state index contributed by atoms with van der Waals surface area (Å²) >= 11 is 0. The van der Waals surface area contributed by atoms with Crippen molar-refractivity contribution in [3.05, 3.63) is 59.7 Å². The van der Waals surface area contributed by atoms with Gasteiger partial charge in [0.05, 0.1) is 11.5 Å². The maximum absolute atomic E-state index is 12.3. The SMILES string of the molecule is Cc1cccc(S(=O)(=O)Nc2ccc(C(=O)N[C@H](C)CO)cc2)c1. The number of sulfonamides is 1. The molecule has 2 aromatic carbocycles. The number of rotatable bonds is 6. The van der Waals surface area contributed by atoms with Crippen molar-refractivity contribution >= 4 is 21.6 Å². The lowest BCUT2D eigenvalue weighted by atomic mass is 10.2. The van der Waals surface area contributed by atoms with Gasteiger partial charge in [0.25, 0.3) is 15.9 Å². The first-order valence-corrected chi connectivity index (χ1v) is 8.91. The second-order valence-electron chi connectivity index (χ2n) is 5.56. The van der Waals surface area contributed by atoms with Gasteiger partial charge in [0.15, 0.2) is 0 Å². The van der Waals surface area contributed by atoms with E-state index in [1.165, 1.54) is 30.3 Å². The first kappa shape index (κ1) is 18.0. The molecule has 1 atom stereocenters. The molecule has 2 rings (SSSR count). The fraction of sp³-hybridized carbons (Fsp3) is 0.235. The van der Waals surface area contributed by atoms with Crippen LogP contribution < -0.4 is 10.0 Å². The van der Waals surface area contributed by atoms with E-state index < -0.39 is 10.0 Å². The summed E-state index contributed by atoms with van der Waals surface area (Å²) in [7, 11) is -3.68. The molecule has 0 bridgehead atoms. The van der Waals surface area contributed by atoms with E-state index in [0.717, 1.165) is 5.56 Å². The number of hydrogen-bond donors (Lipinski definition) is 3. The minimum Gasteiger partial charge on any atom is -0.394 e. The van der Waals surface area contributed by atoms with Crippen LogP contribution >= 0.6 is 0 Å². The van der Waals surface area contributed by atoms with Crippen molar-refractivity contribution in [1.29, 1.82) is 0 Å². The Morgan fingerprint density at radius 3 is 2.42 bits per heavy atom. The smallest absolute Gasteiger partial charge is 0.261 e. The van der Waals surface area contributed by atoms with Crippen molar-refractivity contribution in [2.24, 2.45) is 0 Å². The second-order valence-corrected chi connectivity index (χ2v) is 7.24. The molecule has 0 saturated carbocycles. The fourth-order valence-corrected chi connectivity index (χ4v) is 3.20. The molecule has 7 heteroatoms. The van der Waals surface area contributed by atoms with Gasteiger partial charge in [0.2, 0.25) is 0 Å². The van der Waals surface area contributed by atoms with Crippen molar-refractivity contribution in [1.82, 2.24) is 5.32 Å². The lowest BCUT2D eigenvalue weighted by molar-refractivity contribution is 0.0922. The molecular formula is C17H20N2O4S. The average Bonchev–Trinajstić information content (AvgIpc) is 2.55. The second kappa shape index (κ2) is 7.46. The van der Waals surface area contributed by atoms with Crippen LogP contribution in [0.2, 0.25) is 0 Å². The summed E-state index contributed by atoms with van der Waals surface area (Å²) in [6.45, 7) is 3.35. The minimum atomic E-state index is -3.68. The van der Waals surface area contributed by atoms with E-state index in [2.05, 4.69) is 10.0 Å². The van der Waals surface area contributed by atoms with Gasteiger partial charge in [0.1, 0.15) is 0 Å². The third-order valence-corrected chi connectivity index (χ3v) is 4.73. The van der Waals surface area contributed by atoms with Crippen molar-refractivity contribution in [2.45, 2.75) is 24.8 Å². The molecule has 24 heavy (non-hydrogen) atoms. The highest BCUT2D eigenvalue weighted by molar-refractivity contribution is 7.92. The average molecular weight is 348 g/mol. The molecule has 0 unspecified atom stereocenters. The number of aliphatic hydroxyl groups excluding tert-OH is 1. The normalized spacial score (nSPS) is 12.5. The van der Waals surface area contributed by atoms with Gasteiger partial charge >= 0.3 is 0 Å². The van der Waals surface area contributed by atoms with Crippen LogP contribution in [0.4, 0.5) is 5.69 Å². The molecule has 0 heterocycles. The van der Waals surface area contributed by atoms with E-state index >= 15 is 0 Å². The van der Waals surface area contributed by atoms with Crippen LogP contribution in [0, 0.1) is 6.92 Å². The third-order valence-electron chi connectivity index (χ3n) is 3.35. The lowest BCUT2D eigenvalue weighted by Gasteiger charge is -2.12. The molecule has 0 saturated heterocycles. The summed E-state index contributed by atoms with van der Waals surface area (Å²) in [6, 6.07) is 12.3. The molecule has 3 N–H and O–H groups in total. The van der Waals surface area contributed by atoms with E-state index in [-0.39, 0.29) is 23.5 Å². The number of carbonyl (C=O) groups excluding carboxylic acids is 1. The molecule has 0 aliphatic rings. The number of benzene rings is 2. The van der Waals surface area contributed by atoms with Crippen molar-refractivity contribution in [3.63, 3.8) is 0 Å². The van der Waals surface area contributed by atoms with Gasteiger partial charge in [-0.3, -0.25) is 9.52 Å². The number of nitrogens with one attached hydrogen (secondary N) is 2. The zero-order valence-corrected chi connectivity index (χ0v) is 14.3. The van der Waals surface area contributed by atoms with Gasteiger partial charge < -0.3 is 10.4 Å². The quantitative estimate of drug-likeness (QED) is 0.743. The molecule has 0 spiro atoms. The maximum Gasteiger partial charge on any atom is 0.261 e. The highest BCUT2D eigenvalue weighted by Gasteiger charge is 2.15. The van der Waals surface area contributed by atoms with Crippen molar-refractivity contribution in [3.8, 4) is 0 Å². The Kier molecular flexibility index (Phi) is 5.58. The van der Waals surface area contributed by atoms with Gasteiger partial charge in [0, 0.05) is 17.3 Å². The van der Waals surface area contributed by atoms with Gasteiger partial charge in [-0.15, -0.1) is 0 Å². The van der Waals surface area contributed by atoms with Gasteiger partial charge in [-0.05, 0) is 55.8 Å². The van der Waals surface area contributed by atoms with Crippen molar-refractivity contribution < 1.29 is 18.3 Å². The first-order chi connectivity index (χ1) is 11.3. The van der Waals surface area contributed by atoms with E-state index in [0.29, 0.717) is 11.3 Å². The van der Waals surface area contributed by atoms with Crippen LogP contribution in [0.15, 0.2) is 53.4 Å². The molecular weight excluding hydrogens is 328 g/mol. The van der Waals surface area contributed by atoms with Crippen LogP contribution in [-0.2, 0) is 10.0 Å². The Morgan fingerprint density at radius 1 is 1.17 bits per heavy atom. The summed E-state index contributed by atoms with van der Waals surface area (Å²) in [5.41, 5.74) is 1.60. The van der Waals surface area contributed by atoms with Crippen LogP contribution in [0.5, 0.6) is 0 Å². The van der Waals surface area contributed by atoms with Crippen LogP contribution in [0.1, 0.15) is 22.8 Å². The first-order valence-electron chi connectivity index (χ1n) is 7.43. The molecule has 0 aromatic heterocycles. The zero-order valence-electron chi connectivity index (χ0n) is 13.5. The number of amides is 1. The maximum atomic E-state index is 12.3. The number of anilines is 1. The highest BCUT2D eigenvalue weighted by atomic mass is 32.2. The third kappa shape index (κ3) is 4.56. The standard InChI is InChI=1S/C17H20N2O4S/c1-12-4-3-5-16(10-12)24(22,23)19-15-8-6-14(7-9-15)17(21)18-13(2)11-20/h3-10,13,19-20H,11H2,1-2H3,(H,18,21)/t13-/m1/s1. The molecule has 0 aliphatic carbocycles. The minimum absolute atomic E-state index is 0.153. The monoisotopic (exact) mass is 348 g/mol. The fourth-order valence-electron chi connectivity index (χ4n) is 2.04. The Labute approximate surface area is 141 Å². The molecule has 0 aliphatic heterocycles. The summed E-state index contributed by atoms with van der Waals surface area (Å²) in [4.78, 5) is 12.1. The van der Waals surface area contributed by atoms with E-state index in [1.807, 2.05) is 13.0 Å². The summed E-state index contributed by atoms with van der Waals surface area (Å²) < 4.78 is 27.2. The largest absolute Gasteiger partial charge is 0.394 e. The molecule has 6 nitrogen and oxygen atoms in total. The van der Waals surface area contributed by atoms with E-state index in [4.69, 9.17) is 5.11 Å². The lowest BCUT2D eigenvalue weighted by Crippen LogP contribution is -2.34. The number of aliphatic hydroxyl groups is 1. The van der Waals surface area contributed by atoms with Gasteiger partial charge in [-0.1, -0.05) is 12.1 Å². The Balaban J connectivity index is 2.12. The Morgan fingerprint density at radius 2 is 1.83 bits per heavy atom. The molecule has 0 fully saturated rings. The van der Waals surface area contributed by atoms with Crippen LogP contribution in [0.3, 0.4) is 0 Å². The number of hydrogen-bond acceptors (Lipinski definition) is 4. The topological polar surface area (TPSA) is 95.5 Å². The van der Waals surface area contributed by atoms with Gasteiger partial charge in [-0.25, -0.2) is 8.42 Å². The predicted molar refractivity (Wildman–Crippen MR) is 92.4 cm³/mol. The summed E-state index contributed by atoms with van der Waals surface area (Å²) in [6.07, 6.45) is 0. The van der Waals surface area contributed by atoms with Crippen LogP contribution in [-0.4, -0.2) is 32.1 Å². The molecule has 128 valence electrons. The molecule has 1 amide bonds. The van der Waals surface area contributed by atoms with E-state index in [9.17, 15) is 13.2 Å². The number of aryl methyl sites for hydroxylation is 1. The van der Waals surface area contributed by atoms with E-state index in [1.54, 1.807) is 19.1 Å². The van der Waals surface area contributed by atoms with Gasteiger partial charge in [-0.2, -0.15) is 0 Å². The Hall–Kier alpha value is -2.38. The summed E-state index contributed by atoms with van der Waals surface area (Å²) in [5, 5.41) is 11.6. The predicted octanol–water partition coefficient (Wildman–Crippen LogP) is 1.91.